The lowest BCUT2D eigenvalue weighted by atomic mass is 10.0. The number of carbonyl (C=O) groups excluding carboxylic acids is 1. The zero-order chi connectivity index (χ0) is 15.1. The molecule has 0 aliphatic carbocycles. The van der Waals surface area contributed by atoms with Crippen molar-refractivity contribution in [3.63, 3.8) is 0 Å². The second kappa shape index (κ2) is 8.00. The quantitative estimate of drug-likeness (QED) is 0.824. The van der Waals surface area contributed by atoms with Gasteiger partial charge in [-0.15, -0.1) is 0 Å². The summed E-state index contributed by atoms with van der Waals surface area (Å²) in [5.41, 5.74) is 6.82. The number of benzene rings is 1. The van der Waals surface area contributed by atoms with E-state index in [0.717, 1.165) is 30.7 Å². The molecule has 1 atom stereocenters. The third kappa shape index (κ3) is 4.72. The third-order valence-electron chi connectivity index (χ3n) is 3.99. The molecular weight excluding hydrogens is 266 g/mol. The number of amides is 1. The molecule has 3 N–H and O–H groups in total. The van der Waals surface area contributed by atoms with Crippen LogP contribution < -0.4 is 15.8 Å². The lowest BCUT2D eigenvalue weighted by molar-refractivity contribution is -0.123. The fourth-order valence-corrected chi connectivity index (χ4v) is 2.76. The molecule has 0 bridgehead atoms. The zero-order valence-electron chi connectivity index (χ0n) is 12.7. The van der Waals surface area contributed by atoms with Gasteiger partial charge in [0, 0.05) is 19.1 Å². The smallest absolute Gasteiger partial charge is 0.234 e. The van der Waals surface area contributed by atoms with Crippen molar-refractivity contribution in [2.24, 2.45) is 5.73 Å². The van der Waals surface area contributed by atoms with E-state index in [1.165, 1.54) is 6.42 Å². The van der Waals surface area contributed by atoms with Gasteiger partial charge < -0.3 is 15.8 Å². The molecule has 1 aliphatic rings. The number of hydrogen-bond donors (Lipinski definition) is 2. The molecule has 1 heterocycles. The summed E-state index contributed by atoms with van der Waals surface area (Å²) in [5.74, 6) is 0.860. The van der Waals surface area contributed by atoms with Crippen LogP contribution >= 0.6 is 0 Å². The van der Waals surface area contributed by atoms with Crippen LogP contribution in [0.3, 0.4) is 0 Å². The van der Waals surface area contributed by atoms with Crippen LogP contribution in [-0.4, -0.2) is 43.6 Å². The molecule has 1 aromatic rings. The summed E-state index contributed by atoms with van der Waals surface area (Å²) in [5, 5.41) is 2.97. The first kappa shape index (κ1) is 15.8. The van der Waals surface area contributed by atoms with Crippen molar-refractivity contribution >= 4 is 5.91 Å². The predicted molar refractivity (Wildman–Crippen MR) is 83.1 cm³/mol. The molecule has 1 saturated heterocycles. The minimum atomic E-state index is 0.0539. The molecular formula is C16H25N3O2. The fourth-order valence-electron chi connectivity index (χ4n) is 2.76. The molecule has 1 aliphatic heterocycles. The van der Waals surface area contributed by atoms with Crippen molar-refractivity contribution in [2.75, 3.05) is 26.7 Å². The number of nitrogens with two attached hydrogens (primary N) is 1. The molecule has 116 valence electrons. The number of likely N-dealkylation sites (tertiary alicyclic amines) is 1. The molecule has 0 spiro atoms. The average molecular weight is 291 g/mol. The van der Waals surface area contributed by atoms with E-state index >= 15 is 0 Å². The Kier molecular flexibility index (Phi) is 6.02. The van der Waals surface area contributed by atoms with Gasteiger partial charge in [-0.05, 0) is 37.1 Å². The maximum atomic E-state index is 12.1. The molecule has 1 aromatic carbocycles. The van der Waals surface area contributed by atoms with Crippen LogP contribution in [0.5, 0.6) is 5.75 Å². The van der Waals surface area contributed by atoms with E-state index in [1.807, 2.05) is 24.3 Å². The second-order valence-electron chi connectivity index (χ2n) is 5.48. The van der Waals surface area contributed by atoms with Gasteiger partial charge in [-0.1, -0.05) is 18.6 Å². The number of ether oxygens (including phenoxy) is 1. The largest absolute Gasteiger partial charge is 0.497 e. The zero-order valence-corrected chi connectivity index (χ0v) is 12.7. The minimum absolute atomic E-state index is 0.0539. The molecule has 1 unspecified atom stereocenters. The summed E-state index contributed by atoms with van der Waals surface area (Å²) in [6, 6.07) is 8.08. The van der Waals surface area contributed by atoms with E-state index in [4.69, 9.17) is 10.5 Å². The third-order valence-corrected chi connectivity index (χ3v) is 3.99. The number of piperidine rings is 1. The number of methoxy groups -OCH3 is 1. The van der Waals surface area contributed by atoms with Crippen molar-refractivity contribution in [2.45, 2.75) is 31.8 Å². The molecule has 5 heteroatoms. The van der Waals surface area contributed by atoms with Crippen LogP contribution in [0.1, 0.15) is 24.8 Å². The SMILES string of the molecule is COc1cccc(CNC(=O)CN2CCCCC2CN)c1. The number of nitrogens with zero attached hydrogens (tertiary/aromatic N) is 1. The Balaban J connectivity index is 1.81. The normalized spacial score (nSPS) is 19.2. The summed E-state index contributed by atoms with van der Waals surface area (Å²) < 4.78 is 5.18. The summed E-state index contributed by atoms with van der Waals surface area (Å²) in [4.78, 5) is 14.3. The molecule has 0 radical (unpaired) electrons. The molecule has 5 nitrogen and oxygen atoms in total. The van der Waals surface area contributed by atoms with E-state index < -0.39 is 0 Å². The fraction of sp³-hybridized carbons (Fsp3) is 0.562. The van der Waals surface area contributed by atoms with Crippen molar-refractivity contribution in [3.8, 4) is 5.75 Å². The van der Waals surface area contributed by atoms with Gasteiger partial charge >= 0.3 is 0 Å². The van der Waals surface area contributed by atoms with E-state index in [2.05, 4.69) is 10.2 Å². The van der Waals surface area contributed by atoms with Crippen molar-refractivity contribution < 1.29 is 9.53 Å². The van der Waals surface area contributed by atoms with Crippen LogP contribution in [0.15, 0.2) is 24.3 Å². The Labute approximate surface area is 126 Å². The van der Waals surface area contributed by atoms with Gasteiger partial charge in [0.25, 0.3) is 0 Å². The average Bonchev–Trinajstić information content (AvgIpc) is 2.53. The first-order chi connectivity index (χ1) is 10.2. The number of rotatable bonds is 6. The van der Waals surface area contributed by atoms with Gasteiger partial charge in [-0.2, -0.15) is 0 Å². The first-order valence-corrected chi connectivity index (χ1v) is 7.56. The highest BCUT2D eigenvalue weighted by molar-refractivity contribution is 5.78. The monoisotopic (exact) mass is 291 g/mol. The molecule has 0 saturated carbocycles. The highest BCUT2D eigenvalue weighted by Crippen LogP contribution is 2.15. The predicted octanol–water partition coefficient (Wildman–Crippen LogP) is 1.12. The molecule has 1 amide bonds. The molecule has 0 aromatic heterocycles. The van der Waals surface area contributed by atoms with Crippen LogP contribution in [0.25, 0.3) is 0 Å². The lowest BCUT2D eigenvalue weighted by Gasteiger charge is -2.34. The van der Waals surface area contributed by atoms with E-state index in [9.17, 15) is 4.79 Å². The van der Waals surface area contributed by atoms with Crippen molar-refractivity contribution in [1.82, 2.24) is 10.2 Å². The van der Waals surface area contributed by atoms with Gasteiger partial charge in [0.2, 0.25) is 5.91 Å². The van der Waals surface area contributed by atoms with Crippen LogP contribution in [-0.2, 0) is 11.3 Å². The minimum Gasteiger partial charge on any atom is -0.497 e. The van der Waals surface area contributed by atoms with Crippen molar-refractivity contribution in [3.05, 3.63) is 29.8 Å². The topological polar surface area (TPSA) is 67.6 Å². The Bertz CT molecular complexity index is 465. The standard InChI is InChI=1S/C16H25N3O2/c1-21-15-7-4-5-13(9-15)11-18-16(20)12-19-8-3-2-6-14(19)10-17/h4-5,7,9,14H,2-3,6,8,10-12,17H2,1H3,(H,18,20). The highest BCUT2D eigenvalue weighted by atomic mass is 16.5. The Morgan fingerprint density at radius 3 is 3.10 bits per heavy atom. The van der Waals surface area contributed by atoms with E-state index in [-0.39, 0.29) is 5.91 Å². The van der Waals surface area contributed by atoms with Crippen molar-refractivity contribution in [1.29, 1.82) is 0 Å². The maximum absolute atomic E-state index is 12.1. The van der Waals surface area contributed by atoms with Gasteiger partial charge in [-0.25, -0.2) is 0 Å². The summed E-state index contributed by atoms with van der Waals surface area (Å²) in [6.07, 6.45) is 3.46. The van der Waals surface area contributed by atoms with Gasteiger partial charge in [0.15, 0.2) is 0 Å². The summed E-state index contributed by atoms with van der Waals surface area (Å²) in [7, 11) is 1.64. The number of hydrogen-bond acceptors (Lipinski definition) is 4. The van der Waals surface area contributed by atoms with Crippen LogP contribution in [0.4, 0.5) is 0 Å². The highest BCUT2D eigenvalue weighted by Gasteiger charge is 2.22. The number of nitrogens with one attached hydrogen (secondary N) is 1. The Hall–Kier alpha value is -1.59. The van der Waals surface area contributed by atoms with Crippen LogP contribution in [0.2, 0.25) is 0 Å². The van der Waals surface area contributed by atoms with Gasteiger partial charge in [0.05, 0.1) is 13.7 Å². The van der Waals surface area contributed by atoms with Gasteiger partial charge in [0.1, 0.15) is 5.75 Å². The molecule has 2 rings (SSSR count). The van der Waals surface area contributed by atoms with Crippen LogP contribution in [0, 0.1) is 0 Å². The first-order valence-electron chi connectivity index (χ1n) is 7.56. The lowest BCUT2D eigenvalue weighted by Crippen LogP contribution is -2.48. The number of carbonyl (C=O) groups is 1. The Morgan fingerprint density at radius 2 is 2.33 bits per heavy atom. The maximum Gasteiger partial charge on any atom is 0.234 e. The van der Waals surface area contributed by atoms with Gasteiger partial charge in [-0.3, -0.25) is 9.69 Å². The Morgan fingerprint density at radius 1 is 1.48 bits per heavy atom. The van der Waals surface area contributed by atoms with E-state index in [1.54, 1.807) is 7.11 Å². The second-order valence-corrected chi connectivity index (χ2v) is 5.48. The van der Waals surface area contributed by atoms with E-state index in [0.29, 0.717) is 25.7 Å². The molecule has 21 heavy (non-hydrogen) atoms. The summed E-state index contributed by atoms with van der Waals surface area (Å²) in [6.45, 7) is 2.56. The molecule has 1 fully saturated rings. The summed E-state index contributed by atoms with van der Waals surface area (Å²) >= 11 is 0.